The SMILES string of the molecule is O=S(=O)(Nc1cc(F)c(C(F)(F)F)cc1F)c1c[nH]c(-c2cccc3ccnn23)c1. The lowest BCUT2D eigenvalue weighted by Gasteiger charge is -2.12. The summed E-state index contributed by atoms with van der Waals surface area (Å²) in [5, 5.41) is 4.13. The summed E-state index contributed by atoms with van der Waals surface area (Å²) in [7, 11) is -4.43. The fourth-order valence-corrected chi connectivity index (χ4v) is 3.93. The van der Waals surface area contributed by atoms with E-state index in [1.807, 2.05) is 0 Å². The molecule has 0 radical (unpaired) electrons. The number of anilines is 1. The summed E-state index contributed by atoms with van der Waals surface area (Å²) < 4.78 is 94.1. The molecule has 4 rings (SSSR count). The lowest BCUT2D eigenvalue weighted by atomic mass is 10.2. The molecule has 0 fully saturated rings. The number of H-pyrrole nitrogens is 1. The molecule has 3 heterocycles. The minimum absolute atomic E-state index is 0.103. The maximum atomic E-state index is 14.0. The summed E-state index contributed by atoms with van der Waals surface area (Å²) in [6.07, 6.45) is -2.45. The molecule has 4 aromatic rings. The van der Waals surface area contributed by atoms with Crippen LogP contribution < -0.4 is 4.72 Å². The minimum Gasteiger partial charge on any atom is -0.359 e. The van der Waals surface area contributed by atoms with Crippen molar-refractivity contribution in [1.82, 2.24) is 14.6 Å². The predicted molar refractivity (Wildman–Crippen MR) is 97.1 cm³/mol. The van der Waals surface area contributed by atoms with Crippen LogP contribution in [-0.4, -0.2) is 23.0 Å². The van der Waals surface area contributed by atoms with Crippen molar-refractivity contribution < 1.29 is 30.4 Å². The first kappa shape index (κ1) is 19.9. The van der Waals surface area contributed by atoms with Gasteiger partial charge in [0.15, 0.2) is 0 Å². The Bertz CT molecular complexity index is 1360. The molecule has 156 valence electrons. The maximum Gasteiger partial charge on any atom is 0.419 e. The van der Waals surface area contributed by atoms with Crippen LogP contribution in [0.5, 0.6) is 0 Å². The van der Waals surface area contributed by atoms with Crippen LogP contribution in [0.4, 0.5) is 27.6 Å². The Hall–Kier alpha value is -3.41. The van der Waals surface area contributed by atoms with E-state index in [4.69, 9.17) is 0 Å². The molecule has 0 saturated carbocycles. The highest BCUT2D eigenvalue weighted by Crippen LogP contribution is 2.34. The van der Waals surface area contributed by atoms with E-state index in [1.54, 1.807) is 39.7 Å². The molecule has 0 spiro atoms. The van der Waals surface area contributed by atoms with Crippen LogP contribution in [0.25, 0.3) is 16.9 Å². The van der Waals surface area contributed by atoms with Gasteiger partial charge in [-0.3, -0.25) is 4.72 Å². The van der Waals surface area contributed by atoms with Crippen molar-refractivity contribution >= 4 is 21.2 Å². The number of hydrogen-bond acceptors (Lipinski definition) is 3. The van der Waals surface area contributed by atoms with Gasteiger partial charge in [0.25, 0.3) is 10.0 Å². The number of aromatic amines is 1. The van der Waals surface area contributed by atoms with E-state index in [0.717, 1.165) is 11.7 Å². The third kappa shape index (κ3) is 3.49. The number of pyridine rings is 1. The molecule has 6 nitrogen and oxygen atoms in total. The van der Waals surface area contributed by atoms with Gasteiger partial charge < -0.3 is 4.98 Å². The summed E-state index contributed by atoms with van der Waals surface area (Å²) in [5.74, 6) is -3.37. The summed E-state index contributed by atoms with van der Waals surface area (Å²) in [6.45, 7) is 0. The standard InChI is InChI=1S/C18H11F5N4O2S/c19-13-8-15(14(20)7-12(13)18(21,22)23)26-30(28,29)11-6-16(24-9-11)17-3-1-2-10-4-5-25-27(10)17/h1-9,24,26H. The van der Waals surface area contributed by atoms with E-state index < -0.39 is 39.1 Å². The average Bonchev–Trinajstić information content (AvgIpc) is 3.32. The third-order valence-electron chi connectivity index (χ3n) is 4.27. The monoisotopic (exact) mass is 442 g/mol. The maximum absolute atomic E-state index is 14.0. The van der Waals surface area contributed by atoms with Crippen molar-refractivity contribution in [2.75, 3.05) is 4.72 Å². The number of nitrogens with zero attached hydrogens (tertiary/aromatic N) is 2. The van der Waals surface area contributed by atoms with Crippen LogP contribution in [0.3, 0.4) is 0 Å². The molecular weight excluding hydrogens is 431 g/mol. The number of nitrogens with one attached hydrogen (secondary N) is 2. The van der Waals surface area contributed by atoms with Gasteiger partial charge in [0, 0.05) is 12.3 Å². The molecule has 1 aromatic carbocycles. The molecule has 0 atom stereocenters. The Morgan fingerprint density at radius 3 is 2.53 bits per heavy atom. The van der Waals surface area contributed by atoms with Crippen LogP contribution in [0.1, 0.15) is 5.56 Å². The van der Waals surface area contributed by atoms with Gasteiger partial charge in [-0.1, -0.05) is 6.07 Å². The van der Waals surface area contributed by atoms with Crippen LogP contribution in [0.15, 0.2) is 59.8 Å². The molecule has 12 heteroatoms. The quantitative estimate of drug-likeness (QED) is 0.459. The highest BCUT2D eigenvalue weighted by atomic mass is 32.2. The zero-order valence-electron chi connectivity index (χ0n) is 14.7. The highest BCUT2D eigenvalue weighted by Gasteiger charge is 2.35. The van der Waals surface area contributed by atoms with Gasteiger partial charge in [0.2, 0.25) is 0 Å². The Labute approximate surface area is 166 Å². The number of rotatable bonds is 4. The van der Waals surface area contributed by atoms with E-state index in [9.17, 15) is 30.4 Å². The average molecular weight is 442 g/mol. The van der Waals surface area contributed by atoms with Crippen molar-refractivity contribution in [3.05, 3.63) is 72.1 Å². The van der Waals surface area contributed by atoms with Gasteiger partial charge in [0.1, 0.15) is 16.5 Å². The second-order valence-electron chi connectivity index (χ2n) is 6.24. The van der Waals surface area contributed by atoms with Crippen LogP contribution in [0.2, 0.25) is 0 Å². The first-order chi connectivity index (χ1) is 14.1. The van der Waals surface area contributed by atoms with Crippen LogP contribution in [-0.2, 0) is 16.2 Å². The Balaban J connectivity index is 1.68. The summed E-state index contributed by atoms with van der Waals surface area (Å²) in [5.41, 5.74) is -1.13. The molecule has 0 bridgehead atoms. The number of sulfonamides is 1. The van der Waals surface area contributed by atoms with E-state index >= 15 is 0 Å². The van der Waals surface area contributed by atoms with Crippen molar-refractivity contribution in [2.45, 2.75) is 11.1 Å². The van der Waals surface area contributed by atoms with Gasteiger partial charge in [-0.05, 0) is 30.3 Å². The second-order valence-corrected chi connectivity index (χ2v) is 7.93. The van der Waals surface area contributed by atoms with E-state index in [1.165, 1.54) is 6.07 Å². The van der Waals surface area contributed by atoms with Gasteiger partial charge in [-0.2, -0.15) is 18.3 Å². The fraction of sp³-hybridized carbons (Fsp3) is 0.0556. The van der Waals surface area contributed by atoms with Crippen molar-refractivity contribution in [1.29, 1.82) is 0 Å². The lowest BCUT2D eigenvalue weighted by molar-refractivity contribution is -0.140. The summed E-state index contributed by atoms with van der Waals surface area (Å²) >= 11 is 0. The van der Waals surface area contributed by atoms with E-state index in [0.29, 0.717) is 11.4 Å². The van der Waals surface area contributed by atoms with E-state index in [2.05, 4.69) is 10.1 Å². The highest BCUT2D eigenvalue weighted by molar-refractivity contribution is 7.92. The largest absolute Gasteiger partial charge is 0.419 e. The number of aromatic nitrogens is 3. The lowest BCUT2D eigenvalue weighted by Crippen LogP contribution is -2.15. The van der Waals surface area contributed by atoms with Crippen molar-refractivity contribution in [3.8, 4) is 11.4 Å². The summed E-state index contributed by atoms with van der Waals surface area (Å²) in [4.78, 5) is 2.42. The smallest absolute Gasteiger partial charge is 0.359 e. The number of benzene rings is 1. The molecule has 0 unspecified atom stereocenters. The molecule has 3 aromatic heterocycles. The summed E-state index contributed by atoms with van der Waals surface area (Å²) in [6, 6.07) is 8.23. The second kappa shape index (κ2) is 6.83. The van der Waals surface area contributed by atoms with Gasteiger partial charge in [-0.15, -0.1) is 0 Å². The molecule has 0 aliphatic heterocycles. The zero-order chi connectivity index (χ0) is 21.7. The first-order valence-corrected chi connectivity index (χ1v) is 9.75. The third-order valence-corrected chi connectivity index (χ3v) is 5.62. The Kier molecular flexibility index (Phi) is 4.53. The van der Waals surface area contributed by atoms with E-state index in [-0.39, 0.29) is 17.0 Å². The van der Waals surface area contributed by atoms with Crippen LogP contribution >= 0.6 is 0 Å². The van der Waals surface area contributed by atoms with Crippen LogP contribution in [0, 0.1) is 11.6 Å². The van der Waals surface area contributed by atoms with Gasteiger partial charge >= 0.3 is 6.18 Å². The fourth-order valence-electron chi connectivity index (χ4n) is 2.88. The number of halogens is 5. The van der Waals surface area contributed by atoms with Gasteiger partial charge in [-0.25, -0.2) is 21.7 Å². The molecule has 0 aliphatic rings. The predicted octanol–water partition coefficient (Wildman–Crippen LogP) is 4.43. The normalized spacial score (nSPS) is 12.4. The molecule has 30 heavy (non-hydrogen) atoms. The molecule has 0 amide bonds. The molecular formula is C18H11F5N4O2S. The molecule has 2 N–H and O–H groups in total. The molecule has 0 saturated heterocycles. The Morgan fingerprint density at radius 2 is 1.80 bits per heavy atom. The first-order valence-electron chi connectivity index (χ1n) is 8.27. The Morgan fingerprint density at radius 1 is 1.03 bits per heavy atom. The van der Waals surface area contributed by atoms with Crippen molar-refractivity contribution in [3.63, 3.8) is 0 Å². The van der Waals surface area contributed by atoms with Gasteiger partial charge in [0.05, 0.1) is 34.4 Å². The molecule has 0 aliphatic carbocycles. The topological polar surface area (TPSA) is 79.3 Å². The number of fused-ring (bicyclic) bond motifs is 1. The minimum atomic E-state index is -5.12. The zero-order valence-corrected chi connectivity index (χ0v) is 15.5. The van der Waals surface area contributed by atoms with Crippen molar-refractivity contribution in [2.24, 2.45) is 0 Å². The number of alkyl halides is 3. The number of hydrogen-bond donors (Lipinski definition) is 2.